The Hall–Kier alpha value is -0.920. The number of hydrogen-bond donors (Lipinski definition) is 2. The summed E-state index contributed by atoms with van der Waals surface area (Å²) in [7, 11) is -3.70. The summed E-state index contributed by atoms with van der Waals surface area (Å²) in [5, 5.41) is 9.03. The number of carbonyl (C=O) groups is 1. The molecule has 0 radical (unpaired) electrons. The van der Waals surface area contributed by atoms with Crippen LogP contribution in [0, 0.1) is 6.92 Å². The van der Waals surface area contributed by atoms with Gasteiger partial charge in [0.1, 0.15) is 0 Å². The van der Waals surface area contributed by atoms with Crippen LogP contribution >= 0.6 is 15.9 Å². The van der Waals surface area contributed by atoms with Crippen molar-refractivity contribution in [3.05, 3.63) is 27.7 Å². The van der Waals surface area contributed by atoms with Crippen LogP contribution in [0.3, 0.4) is 0 Å². The summed E-state index contributed by atoms with van der Waals surface area (Å²) in [4.78, 5) is 11.0. The van der Waals surface area contributed by atoms with E-state index in [1.165, 1.54) is 6.07 Å². The van der Waals surface area contributed by atoms with Crippen LogP contribution in [0.25, 0.3) is 0 Å². The van der Waals surface area contributed by atoms with Gasteiger partial charge in [-0.2, -0.15) is 0 Å². The van der Waals surface area contributed by atoms with E-state index in [0.717, 1.165) is 6.07 Å². The molecule has 7 heteroatoms. The molecule has 1 aromatic rings. The van der Waals surface area contributed by atoms with Gasteiger partial charge in [-0.05, 0) is 38.5 Å². The average Bonchev–Trinajstić information content (AvgIpc) is 2.19. The highest BCUT2D eigenvalue weighted by Crippen LogP contribution is 2.25. The van der Waals surface area contributed by atoms with Crippen LogP contribution in [0.4, 0.5) is 0 Å². The van der Waals surface area contributed by atoms with Gasteiger partial charge in [-0.1, -0.05) is 15.9 Å². The lowest BCUT2D eigenvalue weighted by Gasteiger charge is -2.12. The minimum absolute atomic E-state index is 0.0338. The van der Waals surface area contributed by atoms with Crippen LogP contribution in [0.15, 0.2) is 21.5 Å². The number of rotatable bonds is 4. The molecule has 0 bridgehead atoms. The Morgan fingerprint density at radius 2 is 1.94 bits per heavy atom. The lowest BCUT2D eigenvalue weighted by atomic mass is 10.1. The lowest BCUT2D eigenvalue weighted by molar-refractivity contribution is 0.0695. The van der Waals surface area contributed by atoms with E-state index in [1.54, 1.807) is 20.8 Å². The molecular weight excluding hydrogens is 322 g/mol. The lowest BCUT2D eigenvalue weighted by Crippen LogP contribution is -2.30. The first-order valence-electron chi connectivity index (χ1n) is 5.21. The zero-order valence-electron chi connectivity index (χ0n) is 10.2. The van der Waals surface area contributed by atoms with Crippen molar-refractivity contribution in [1.82, 2.24) is 4.72 Å². The number of aromatic carboxylic acids is 1. The Morgan fingerprint density at radius 3 is 2.39 bits per heavy atom. The quantitative estimate of drug-likeness (QED) is 0.882. The van der Waals surface area contributed by atoms with Gasteiger partial charge >= 0.3 is 5.97 Å². The molecule has 0 aliphatic heterocycles. The number of hydrogen-bond acceptors (Lipinski definition) is 3. The molecule has 0 aromatic heterocycles. The van der Waals surface area contributed by atoms with Crippen LogP contribution in [0.2, 0.25) is 0 Å². The van der Waals surface area contributed by atoms with Gasteiger partial charge in [0.2, 0.25) is 10.0 Å². The van der Waals surface area contributed by atoms with Gasteiger partial charge in [0.15, 0.2) is 0 Å². The highest BCUT2D eigenvalue weighted by molar-refractivity contribution is 9.10. The first-order valence-corrected chi connectivity index (χ1v) is 7.48. The third-order valence-electron chi connectivity index (χ3n) is 2.25. The normalized spacial score (nSPS) is 11.8. The van der Waals surface area contributed by atoms with Gasteiger partial charge in [-0.25, -0.2) is 17.9 Å². The standard InChI is InChI=1S/C11H14BrNO4S/c1-6(2)13-18(16,17)8-4-9(11(14)15)7(3)10(12)5-8/h4-6,13H,1-3H3,(H,14,15). The summed E-state index contributed by atoms with van der Waals surface area (Å²) in [6.07, 6.45) is 0. The van der Waals surface area contributed by atoms with Crippen LogP contribution in [0.1, 0.15) is 29.8 Å². The smallest absolute Gasteiger partial charge is 0.336 e. The maximum Gasteiger partial charge on any atom is 0.336 e. The van der Waals surface area contributed by atoms with E-state index < -0.39 is 16.0 Å². The zero-order chi connectivity index (χ0) is 14.1. The van der Waals surface area contributed by atoms with Gasteiger partial charge < -0.3 is 5.11 Å². The van der Waals surface area contributed by atoms with Gasteiger partial charge in [-0.15, -0.1) is 0 Å². The first-order chi connectivity index (χ1) is 8.15. The second kappa shape index (κ2) is 5.38. The third kappa shape index (κ3) is 3.30. The molecule has 5 nitrogen and oxygen atoms in total. The number of carboxylic acid groups (broad SMARTS) is 1. The van der Waals surface area contributed by atoms with E-state index in [-0.39, 0.29) is 16.5 Å². The van der Waals surface area contributed by atoms with E-state index in [0.29, 0.717) is 10.0 Å². The zero-order valence-corrected chi connectivity index (χ0v) is 12.6. The van der Waals surface area contributed by atoms with E-state index in [9.17, 15) is 13.2 Å². The second-order valence-electron chi connectivity index (χ2n) is 4.16. The molecule has 100 valence electrons. The van der Waals surface area contributed by atoms with Gasteiger partial charge in [0.25, 0.3) is 0 Å². The Bertz CT molecular complexity index is 581. The predicted octanol–water partition coefficient (Wildman–Crippen LogP) is 2.14. The minimum atomic E-state index is -3.70. The minimum Gasteiger partial charge on any atom is -0.478 e. The van der Waals surface area contributed by atoms with Gasteiger partial charge in [0.05, 0.1) is 10.5 Å². The fourth-order valence-electron chi connectivity index (χ4n) is 1.41. The van der Waals surface area contributed by atoms with Crippen LogP contribution in [-0.2, 0) is 10.0 Å². The molecule has 0 aliphatic rings. The fraction of sp³-hybridized carbons (Fsp3) is 0.364. The fourth-order valence-corrected chi connectivity index (χ4v) is 3.32. The summed E-state index contributed by atoms with van der Waals surface area (Å²) in [5.41, 5.74) is 0.458. The Labute approximate surface area is 114 Å². The maximum absolute atomic E-state index is 12.0. The van der Waals surface area contributed by atoms with Gasteiger partial charge in [-0.3, -0.25) is 0 Å². The Morgan fingerprint density at radius 1 is 1.39 bits per heavy atom. The number of halogens is 1. The van der Waals surface area contributed by atoms with Crippen molar-refractivity contribution in [2.75, 3.05) is 0 Å². The number of sulfonamides is 1. The van der Waals surface area contributed by atoms with Crippen molar-refractivity contribution in [3.63, 3.8) is 0 Å². The van der Waals surface area contributed by atoms with E-state index in [2.05, 4.69) is 20.7 Å². The molecular formula is C11H14BrNO4S. The molecule has 0 saturated carbocycles. The average molecular weight is 336 g/mol. The summed E-state index contributed by atoms with van der Waals surface area (Å²) in [6, 6.07) is 2.29. The predicted molar refractivity (Wildman–Crippen MR) is 71.3 cm³/mol. The molecule has 1 rings (SSSR count). The molecule has 0 heterocycles. The molecule has 0 saturated heterocycles. The van der Waals surface area contributed by atoms with Crippen molar-refractivity contribution >= 4 is 31.9 Å². The molecule has 2 N–H and O–H groups in total. The van der Waals surface area contributed by atoms with Crippen molar-refractivity contribution in [3.8, 4) is 0 Å². The third-order valence-corrected chi connectivity index (χ3v) is 4.71. The molecule has 0 amide bonds. The topological polar surface area (TPSA) is 83.5 Å². The maximum atomic E-state index is 12.0. The summed E-state index contributed by atoms with van der Waals surface area (Å²) in [6.45, 7) is 5.00. The van der Waals surface area contributed by atoms with Crippen molar-refractivity contribution in [2.45, 2.75) is 31.7 Å². The van der Waals surface area contributed by atoms with Crippen molar-refractivity contribution in [2.24, 2.45) is 0 Å². The monoisotopic (exact) mass is 335 g/mol. The summed E-state index contributed by atoms with van der Waals surface area (Å²) in [5.74, 6) is -1.16. The molecule has 18 heavy (non-hydrogen) atoms. The van der Waals surface area contributed by atoms with Gasteiger partial charge in [0, 0.05) is 10.5 Å². The number of carboxylic acids is 1. The number of nitrogens with one attached hydrogen (secondary N) is 1. The highest BCUT2D eigenvalue weighted by Gasteiger charge is 2.20. The Kier molecular flexibility index (Phi) is 4.52. The second-order valence-corrected chi connectivity index (χ2v) is 6.73. The largest absolute Gasteiger partial charge is 0.478 e. The molecule has 1 aromatic carbocycles. The molecule has 0 fully saturated rings. The van der Waals surface area contributed by atoms with E-state index >= 15 is 0 Å². The van der Waals surface area contributed by atoms with Crippen molar-refractivity contribution < 1.29 is 18.3 Å². The Balaban J connectivity index is 3.40. The summed E-state index contributed by atoms with van der Waals surface area (Å²) >= 11 is 3.17. The molecule has 0 atom stereocenters. The van der Waals surface area contributed by atoms with Crippen LogP contribution in [0.5, 0.6) is 0 Å². The first kappa shape index (κ1) is 15.1. The SMILES string of the molecule is Cc1c(Br)cc(S(=O)(=O)NC(C)C)cc1C(=O)O. The van der Waals surface area contributed by atoms with E-state index in [4.69, 9.17) is 5.11 Å². The van der Waals surface area contributed by atoms with E-state index in [1.807, 2.05) is 0 Å². The molecule has 0 aliphatic carbocycles. The summed E-state index contributed by atoms with van der Waals surface area (Å²) < 4.78 is 26.8. The van der Waals surface area contributed by atoms with Crippen LogP contribution in [-0.4, -0.2) is 25.5 Å². The van der Waals surface area contributed by atoms with Crippen LogP contribution < -0.4 is 4.72 Å². The van der Waals surface area contributed by atoms with Crippen molar-refractivity contribution in [1.29, 1.82) is 0 Å². The molecule has 0 spiro atoms. The number of benzene rings is 1. The highest BCUT2D eigenvalue weighted by atomic mass is 79.9. The molecule has 0 unspecified atom stereocenters.